The molecule has 2 N–H and O–H groups in total. The largest absolute Gasteiger partial charge is 0.493 e. The number of carbonyl (C=O) groups is 1. The minimum Gasteiger partial charge on any atom is -0.493 e. The van der Waals surface area contributed by atoms with Crippen LogP contribution < -0.4 is 10.1 Å². The Balaban J connectivity index is 1.76. The number of alkyl halides is 2. The number of rotatable bonds is 6. The zero-order valence-electron chi connectivity index (χ0n) is 13.0. The minimum absolute atomic E-state index is 0.148. The molecular formula is C15H13F2N5O3. The van der Waals surface area contributed by atoms with Crippen LogP contribution in [0.2, 0.25) is 0 Å². The van der Waals surface area contributed by atoms with Crippen LogP contribution >= 0.6 is 0 Å². The predicted octanol–water partition coefficient (Wildman–Crippen LogP) is 3.05. The van der Waals surface area contributed by atoms with Gasteiger partial charge in [0, 0.05) is 0 Å². The molecule has 0 saturated carbocycles. The van der Waals surface area contributed by atoms with Gasteiger partial charge in [0.1, 0.15) is 11.4 Å². The van der Waals surface area contributed by atoms with Gasteiger partial charge in [-0.2, -0.15) is 5.10 Å². The van der Waals surface area contributed by atoms with Crippen molar-refractivity contribution in [2.45, 2.75) is 13.3 Å². The molecule has 2 heterocycles. The van der Waals surface area contributed by atoms with E-state index < -0.39 is 18.0 Å². The second-order valence-electron chi connectivity index (χ2n) is 4.80. The van der Waals surface area contributed by atoms with Gasteiger partial charge in [0.15, 0.2) is 5.69 Å². The lowest BCUT2D eigenvalue weighted by atomic mass is 10.2. The van der Waals surface area contributed by atoms with Crippen LogP contribution in [0.25, 0.3) is 11.5 Å². The summed E-state index contributed by atoms with van der Waals surface area (Å²) in [5.74, 6) is -0.0495. The molecule has 0 bridgehead atoms. The number of carbonyl (C=O) groups excluding carboxylic acids is 1. The standard InChI is InChI=1S/C15H13F2N5O3/c1-2-24-11-6-4-3-5-8(11)14-21-22-15(25-14)18-13(23)10-7-9(12(16)17)19-20-10/h3-7,12H,2H2,1H3,(H,19,20)(H,18,22,23). The topological polar surface area (TPSA) is 106 Å². The Hall–Kier alpha value is -3.30. The normalized spacial score (nSPS) is 10.9. The summed E-state index contributed by atoms with van der Waals surface area (Å²) in [5, 5.41) is 15.5. The smallest absolute Gasteiger partial charge is 0.322 e. The van der Waals surface area contributed by atoms with Crippen molar-refractivity contribution in [3.8, 4) is 17.2 Å². The molecule has 1 amide bonds. The molecule has 130 valence electrons. The van der Waals surface area contributed by atoms with Crippen LogP contribution in [-0.2, 0) is 0 Å². The molecule has 0 radical (unpaired) electrons. The second kappa shape index (κ2) is 7.07. The molecule has 10 heteroatoms. The van der Waals surface area contributed by atoms with Gasteiger partial charge < -0.3 is 9.15 Å². The lowest BCUT2D eigenvalue weighted by molar-refractivity contribution is 0.101. The van der Waals surface area contributed by atoms with Crippen molar-refractivity contribution < 1.29 is 22.7 Å². The summed E-state index contributed by atoms with van der Waals surface area (Å²) < 4.78 is 35.9. The minimum atomic E-state index is -2.75. The molecule has 3 rings (SSSR count). The van der Waals surface area contributed by atoms with E-state index in [4.69, 9.17) is 9.15 Å². The maximum atomic E-state index is 12.5. The molecule has 0 atom stereocenters. The van der Waals surface area contributed by atoms with E-state index in [1.807, 2.05) is 6.92 Å². The third-order valence-electron chi connectivity index (χ3n) is 3.13. The zero-order valence-corrected chi connectivity index (χ0v) is 13.0. The summed E-state index contributed by atoms with van der Waals surface area (Å²) in [5.41, 5.74) is -0.108. The summed E-state index contributed by atoms with van der Waals surface area (Å²) in [6, 6.07) is 7.81. The zero-order chi connectivity index (χ0) is 17.8. The molecule has 0 aliphatic heterocycles. The van der Waals surface area contributed by atoms with Crippen LogP contribution in [0, 0.1) is 0 Å². The Morgan fingerprint density at radius 1 is 1.36 bits per heavy atom. The molecule has 8 nitrogen and oxygen atoms in total. The van der Waals surface area contributed by atoms with E-state index in [0.717, 1.165) is 6.07 Å². The van der Waals surface area contributed by atoms with Gasteiger partial charge in [0.05, 0.1) is 12.2 Å². The number of H-pyrrole nitrogens is 1. The summed E-state index contributed by atoms with van der Waals surface area (Å²) in [6.45, 7) is 2.30. The summed E-state index contributed by atoms with van der Waals surface area (Å²) in [4.78, 5) is 12.0. The molecule has 3 aromatic rings. The number of hydrogen-bond acceptors (Lipinski definition) is 6. The van der Waals surface area contributed by atoms with Crippen molar-refractivity contribution in [2.75, 3.05) is 11.9 Å². The van der Waals surface area contributed by atoms with Crippen molar-refractivity contribution in [1.29, 1.82) is 0 Å². The first kappa shape index (κ1) is 16.6. The van der Waals surface area contributed by atoms with E-state index in [1.54, 1.807) is 24.3 Å². The Bertz CT molecular complexity index is 877. The molecule has 1 aromatic carbocycles. The van der Waals surface area contributed by atoms with E-state index in [9.17, 15) is 13.6 Å². The highest BCUT2D eigenvalue weighted by Crippen LogP contribution is 2.29. The third kappa shape index (κ3) is 3.62. The molecule has 0 saturated heterocycles. The third-order valence-corrected chi connectivity index (χ3v) is 3.13. The number of anilines is 1. The van der Waals surface area contributed by atoms with E-state index in [-0.39, 0.29) is 17.6 Å². The summed E-state index contributed by atoms with van der Waals surface area (Å²) in [7, 11) is 0. The average Bonchev–Trinajstić information content (AvgIpc) is 3.25. The SMILES string of the molecule is CCOc1ccccc1-c1nnc(NC(=O)c2cc(C(F)F)[nH]n2)o1. The first-order valence-electron chi connectivity index (χ1n) is 7.29. The summed E-state index contributed by atoms with van der Waals surface area (Å²) >= 11 is 0. The highest BCUT2D eigenvalue weighted by Gasteiger charge is 2.19. The molecular weight excluding hydrogens is 336 g/mol. The van der Waals surface area contributed by atoms with Gasteiger partial charge in [0.2, 0.25) is 0 Å². The van der Waals surface area contributed by atoms with Crippen molar-refractivity contribution in [3.63, 3.8) is 0 Å². The number of benzene rings is 1. The highest BCUT2D eigenvalue weighted by molar-refractivity contribution is 6.01. The van der Waals surface area contributed by atoms with Gasteiger partial charge >= 0.3 is 6.01 Å². The molecule has 0 aliphatic carbocycles. The van der Waals surface area contributed by atoms with Gasteiger partial charge in [-0.05, 0) is 25.1 Å². The van der Waals surface area contributed by atoms with Gasteiger partial charge in [-0.15, -0.1) is 5.10 Å². The van der Waals surface area contributed by atoms with E-state index in [0.29, 0.717) is 17.9 Å². The molecule has 25 heavy (non-hydrogen) atoms. The quantitative estimate of drug-likeness (QED) is 0.708. The number of nitrogens with one attached hydrogen (secondary N) is 2. The van der Waals surface area contributed by atoms with Gasteiger partial charge in [-0.1, -0.05) is 17.2 Å². The molecule has 0 unspecified atom stereocenters. The fraction of sp³-hybridized carbons (Fsp3) is 0.200. The van der Waals surface area contributed by atoms with Crippen molar-refractivity contribution in [1.82, 2.24) is 20.4 Å². The van der Waals surface area contributed by atoms with Crippen molar-refractivity contribution >= 4 is 11.9 Å². The van der Waals surface area contributed by atoms with Crippen LogP contribution in [-0.4, -0.2) is 32.9 Å². The van der Waals surface area contributed by atoms with Crippen LogP contribution in [0.4, 0.5) is 14.8 Å². The lowest BCUT2D eigenvalue weighted by Gasteiger charge is -2.06. The Morgan fingerprint density at radius 2 is 2.16 bits per heavy atom. The number of amides is 1. The maximum absolute atomic E-state index is 12.5. The van der Waals surface area contributed by atoms with Crippen molar-refractivity contribution in [2.24, 2.45) is 0 Å². The number of hydrogen-bond donors (Lipinski definition) is 2. The van der Waals surface area contributed by atoms with Crippen LogP contribution in [0.1, 0.15) is 29.5 Å². The number of ether oxygens (including phenoxy) is 1. The first-order chi connectivity index (χ1) is 12.1. The Labute approximate surface area is 140 Å². The van der Waals surface area contributed by atoms with E-state index in [1.165, 1.54) is 0 Å². The number of aromatic nitrogens is 4. The van der Waals surface area contributed by atoms with E-state index >= 15 is 0 Å². The number of para-hydroxylation sites is 1. The fourth-order valence-corrected chi connectivity index (χ4v) is 2.03. The first-order valence-corrected chi connectivity index (χ1v) is 7.29. The van der Waals surface area contributed by atoms with Gasteiger partial charge in [0.25, 0.3) is 18.2 Å². The lowest BCUT2D eigenvalue weighted by Crippen LogP contribution is -2.12. The van der Waals surface area contributed by atoms with Gasteiger partial charge in [-0.25, -0.2) is 8.78 Å². The molecule has 0 fully saturated rings. The number of halogens is 2. The fourth-order valence-electron chi connectivity index (χ4n) is 2.03. The maximum Gasteiger partial charge on any atom is 0.322 e. The summed E-state index contributed by atoms with van der Waals surface area (Å²) in [6.07, 6.45) is -2.75. The highest BCUT2D eigenvalue weighted by atomic mass is 19.3. The van der Waals surface area contributed by atoms with Crippen molar-refractivity contribution in [3.05, 3.63) is 41.7 Å². The monoisotopic (exact) mass is 349 g/mol. The number of aromatic amines is 1. The van der Waals surface area contributed by atoms with Crippen LogP contribution in [0.5, 0.6) is 5.75 Å². The van der Waals surface area contributed by atoms with Crippen LogP contribution in [0.3, 0.4) is 0 Å². The van der Waals surface area contributed by atoms with Crippen LogP contribution in [0.15, 0.2) is 34.7 Å². The Kier molecular flexibility index (Phi) is 4.68. The number of nitrogens with zero attached hydrogens (tertiary/aromatic N) is 3. The Morgan fingerprint density at radius 3 is 2.88 bits per heavy atom. The van der Waals surface area contributed by atoms with Gasteiger partial charge in [-0.3, -0.25) is 15.2 Å². The average molecular weight is 349 g/mol. The molecule has 0 spiro atoms. The molecule has 0 aliphatic rings. The molecule has 2 aromatic heterocycles. The van der Waals surface area contributed by atoms with E-state index in [2.05, 4.69) is 25.7 Å². The predicted molar refractivity (Wildman–Crippen MR) is 82.4 cm³/mol. The second-order valence-corrected chi connectivity index (χ2v) is 4.80.